The van der Waals surface area contributed by atoms with Crippen LogP contribution >= 0.6 is 23.2 Å². The average Bonchev–Trinajstić information content (AvgIpc) is 2.51. The van der Waals surface area contributed by atoms with Crippen LogP contribution in [0.15, 0.2) is 18.2 Å². The van der Waals surface area contributed by atoms with Crippen LogP contribution in [-0.4, -0.2) is 43.7 Å². The number of rotatable bonds is 6. The summed E-state index contributed by atoms with van der Waals surface area (Å²) in [5, 5.41) is 1.09. The van der Waals surface area contributed by atoms with E-state index in [2.05, 4.69) is 4.90 Å². The fourth-order valence-corrected chi connectivity index (χ4v) is 2.81. The summed E-state index contributed by atoms with van der Waals surface area (Å²) < 4.78 is 10.8. The quantitative estimate of drug-likeness (QED) is 0.736. The van der Waals surface area contributed by atoms with Crippen molar-refractivity contribution < 1.29 is 14.3 Å². The highest BCUT2D eigenvalue weighted by molar-refractivity contribution is 6.42. The zero-order valence-electron chi connectivity index (χ0n) is 12.7. The summed E-state index contributed by atoms with van der Waals surface area (Å²) in [6, 6.07) is 5.60. The molecule has 1 saturated heterocycles. The average molecular weight is 346 g/mol. The number of hydrogen-bond acceptors (Lipinski definition) is 4. The van der Waals surface area contributed by atoms with E-state index in [0.29, 0.717) is 29.7 Å². The highest BCUT2D eigenvalue weighted by Crippen LogP contribution is 2.29. The van der Waals surface area contributed by atoms with Crippen molar-refractivity contribution in [1.82, 2.24) is 4.90 Å². The molecule has 22 heavy (non-hydrogen) atoms. The second kappa shape index (κ2) is 8.73. The van der Waals surface area contributed by atoms with Crippen molar-refractivity contribution in [2.24, 2.45) is 0 Å². The number of esters is 1. The summed E-state index contributed by atoms with van der Waals surface area (Å²) in [6.07, 6.45) is 1.25. The zero-order valence-corrected chi connectivity index (χ0v) is 14.2. The van der Waals surface area contributed by atoms with Gasteiger partial charge in [0.2, 0.25) is 0 Å². The van der Waals surface area contributed by atoms with E-state index in [-0.39, 0.29) is 12.1 Å². The van der Waals surface area contributed by atoms with E-state index in [4.69, 9.17) is 32.7 Å². The minimum atomic E-state index is -0.128. The van der Waals surface area contributed by atoms with Gasteiger partial charge in [0.1, 0.15) is 0 Å². The summed E-state index contributed by atoms with van der Waals surface area (Å²) in [6.45, 7) is 5.46. The van der Waals surface area contributed by atoms with Crippen LogP contribution in [0.5, 0.6) is 0 Å². The first kappa shape index (κ1) is 17.5. The number of carbonyl (C=O) groups excluding carboxylic acids is 1. The Morgan fingerprint density at radius 1 is 1.41 bits per heavy atom. The SMILES string of the molecule is CCOC(=O)CCCN1CCO[C@H](c2ccc(Cl)c(Cl)c2)C1. The Morgan fingerprint density at radius 3 is 2.95 bits per heavy atom. The molecule has 6 heteroatoms. The van der Waals surface area contributed by atoms with E-state index < -0.39 is 0 Å². The number of nitrogens with zero attached hydrogens (tertiary/aromatic N) is 1. The van der Waals surface area contributed by atoms with Crippen molar-refractivity contribution in [2.75, 3.05) is 32.8 Å². The molecule has 1 aliphatic rings. The fraction of sp³-hybridized carbons (Fsp3) is 0.562. The Kier molecular flexibility index (Phi) is 6.96. The molecule has 0 unspecified atom stereocenters. The maximum Gasteiger partial charge on any atom is 0.305 e. The molecule has 1 aliphatic heterocycles. The first-order valence-corrected chi connectivity index (χ1v) is 8.30. The van der Waals surface area contributed by atoms with Crippen LogP contribution in [-0.2, 0) is 14.3 Å². The monoisotopic (exact) mass is 345 g/mol. The number of carbonyl (C=O) groups is 1. The summed E-state index contributed by atoms with van der Waals surface area (Å²) in [5.41, 5.74) is 1.03. The first-order chi connectivity index (χ1) is 10.6. The van der Waals surface area contributed by atoms with E-state index in [1.807, 2.05) is 19.1 Å². The van der Waals surface area contributed by atoms with Gasteiger partial charge in [0.05, 0.1) is 29.4 Å². The summed E-state index contributed by atoms with van der Waals surface area (Å²) in [4.78, 5) is 13.6. The smallest absolute Gasteiger partial charge is 0.305 e. The Bertz CT molecular complexity index is 510. The van der Waals surface area contributed by atoms with E-state index >= 15 is 0 Å². The van der Waals surface area contributed by atoms with Crippen LogP contribution in [0.1, 0.15) is 31.4 Å². The molecular formula is C16H21Cl2NO3. The third-order valence-corrected chi connectivity index (χ3v) is 4.37. The lowest BCUT2D eigenvalue weighted by atomic mass is 10.1. The second-order valence-electron chi connectivity index (χ2n) is 5.24. The Balaban J connectivity index is 1.83. The lowest BCUT2D eigenvalue weighted by molar-refractivity contribution is -0.143. The lowest BCUT2D eigenvalue weighted by Crippen LogP contribution is -2.39. The Labute approximate surface area is 141 Å². The molecule has 1 atom stereocenters. The van der Waals surface area contributed by atoms with E-state index in [1.54, 1.807) is 6.07 Å². The number of benzene rings is 1. The van der Waals surface area contributed by atoms with Crippen molar-refractivity contribution in [2.45, 2.75) is 25.9 Å². The van der Waals surface area contributed by atoms with Crippen molar-refractivity contribution in [3.05, 3.63) is 33.8 Å². The number of halogens is 2. The van der Waals surface area contributed by atoms with Gasteiger partial charge < -0.3 is 9.47 Å². The van der Waals surface area contributed by atoms with Crippen LogP contribution in [0.2, 0.25) is 10.0 Å². The molecule has 1 aromatic carbocycles. The summed E-state index contributed by atoms with van der Waals surface area (Å²) >= 11 is 12.0. The normalized spacial score (nSPS) is 19.1. The molecule has 0 saturated carbocycles. The van der Waals surface area contributed by atoms with E-state index in [0.717, 1.165) is 31.6 Å². The van der Waals surface area contributed by atoms with Crippen molar-refractivity contribution in [3.8, 4) is 0 Å². The standard InChI is InChI=1S/C16H21Cl2NO3/c1-2-21-16(20)4-3-7-19-8-9-22-15(11-19)12-5-6-13(17)14(18)10-12/h5-6,10,15H,2-4,7-9,11H2,1H3/t15-/m0/s1. The van der Waals surface area contributed by atoms with Gasteiger partial charge in [-0.05, 0) is 37.6 Å². The van der Waals surface area contributed by atoms with Crippen LogP contribution in [0, 0.1) is 0 Å². The van der Waals surface area contributed by atoms with Gasteiger partial charge in [0.15, 0.2) is 0 Å². The highest BCUT2D eigenvalue weighted by atomic mass is 35.5. The Hall–Kier alpha value is -0.810. The minimum absolute atomic E-state index is 0.00823. The molecule has 0 amide bonds. The summed E-state index contributed by atoms with van der Waals surface area (Å²) in [7, 11) is 0. The van der Waals surface area contributed by atoms with Gasteiger partial charge in [0.25, 0.3) is 0 Å². The molecule has 0 aliphatic carbocycles. The molecule has 0 bridgehead atoms. The van der Waals surface area contributed by atoms with Crippen LogP contribution in [0.25, 0.3) is 0 Å². The maximum atomic E-state index is 11.3. The molecule has 1 aromatic rings. The molecule has 122 valence electrons. The van der Waals surface area contributed by atoms with Gasteiger partial charge in [-0.15, -0.1) is 0 Å². The van der Waals surface area contributed by atoms with Crippen molar-refractivity contribution in [1.29, 1.82) is 0 Å². The number of hydrogen-bond donors (Lipinski definition) is 0. The second-order valence-corrected chi connectivity index (χ2v) is 6.06. The topological polar surface area (TPSA) is 38.8 Å². The zero-order chi connectivity index (χ0) is 15.9. The lowest BCUT2D eigenvalue weighted by Gasteiger charge is -2.33. The van der Waals surface area contributed by atoms with Crippen LogP contribution < -0.4 is 0 Å². The van der Waals surface area contributed by atoms with Crippen LogP contribution in [0.3, 0.4) is 0 Å². The molecule has 4 nitrogen and oxygen atoms in total. The van der Waals surface area contributed by atoms with Gasteiger partial charge in [-0.25, -0.2) is 0 Å². The maximum absolute atomic E-state index is 11.3. The molecule has 1 heterocycles. The van der Waals surface area contributed by atoms with E-state index in [1.165, 1.54) is 0 Å². The van der Waals surface area contributed by atoms with Gasteiger partial charge in [-0.2, -0.15) is 0 Å². The third-order valence-electron chi connectivity index (χ3n) is 3.63. The first-order valence-electron chi connectivity index (χ1n) is 7.54. The molecule has 0 spiro atoms. The Morgan fingerprint density at radius 2 is 2.23 bits per heavy atom. The molecular weight excluding hydrogens is 325 g/mol. The summed E-state index contributed by atoms with van der Waals surface area (Å²) in [5.74, 6) is -0.128. The van der Waals surface area contributed by atoms with Crippen molar-refractivity contribution in [3.63, 3.8) is 0 Å². The third kappa shape index (κ3) is 5.13. The molecule has 0 radical (unpaired) electrons. The molecule has 0 aromatic heterocycles. The molecule has 2 rings (SSSR count). The predicted octanol–water partition coefficient (Wildman–Crippen LogP) is 3.71. The molecule has 1 fully saturated rings. The number of morpholine rings is 1. The fourth-order valence-electron chi connectivity index (χ4n) is 2.50. The predicted molar refractivity (Wildman–Crippen MR) is 87.5 cm³/mol. The largest absolute Gasteiger partial charge is 0.466 e. The highest BCUT2D eigenvalue weighted by Gasteiger charge is 2.22. The minimum Gasteiger partial charge on any atom is -0.466 e. The number of ether oxygens (including phenoxy) is 2. The van der Waals surface area contributed by atoms with E-state index in [9.17, 15) is 4.79 Å². The molecule has 0 N–H and O–H groups in total. The van der Waals surface area contributed by atoms with Crippen LogP contribution in [0.4, 0.5) is 0 Å². The van der Waals surface area contributed by atoms with Gasteiger partial charge in [0, 0.05) is 19.5 Å². The van der Waals surface area contributed by atoms with Gasteiger partial charge >= 0.3 is 5.97 Å². The van der Waals surface area contributed by atoms with Gasteiger partial charge in [-0.3, -0.25) is 9.69 Å². The van der Waals surface area contributed by atoms with Crippen molar-refractivity contribution >= 4 is 29.2 Å². The van der Waals surface area contributed by atoms with Gasteiger partial charge in [-0.1, -0.05) is 29.3 Å².